The van der Waals surface area contributed by atoms with E-state index in [1.54, 1.807) is 31.6 Å². The molecule has 10 heteroatoms. The lowest BCUT2D eigenvalue weighted by Crippen LogP contribution is -2.45. The molecule has 1 aliphatic rings. The standard InChI is InChI=1S/C27H33ClN6O2Si/c1-26(2,3)37(6,7)36-16-27(4)15-31-23-18(13-29)10-17(11-20(23)27)21-8-9-30-25(32-21)33-22-12-19(28)14-34(5)24(22)35/h8-12,14,31H,15-16H2,1-7H3,(H,30,32,33)/t27-/m1/s1. The zero-order valence-electron chi connectivity index (χ0n) is 22.4. The fraction of sp³-hybridized carbons (Fsp3) is 0.407. The van der Waals surface area contributed by atoms with Crippen LogP contribution < -0.4 is 16.2 Å². The number of rotatable bonds is 6. The second-order valence-electron chi connectivity index (χ2n) is 11.4. The largest absolute Gasteiger partial charge is 0.416 e. The number of aromatic nitrogens is 3. The van der Waals surface area contributed by atoms with Crippen LogP contribution in [0.4, 0.5) is 17.3 Å². The molecule has 0 amide bonds. The lowest BCUT2D eigenvalue weighted by atomic mass is 9.83. The van der Waals surface area contributed by atoms with Crippen molar-refractivity contribution < 1.29 is 4.43 Å². The predicted molar refractivity (Wildman–Crippen MR) is 151 cm³/mol. The Balaban J connectivity index is 1.70. The van der Waals surface area contributed by atoms with Gasteiger partial charge in [0.2, 0.25) is 5.95 Å². The molecule has 2 N–H and O–H groups in total. The van der Waals surface area contributed by atoms with Crippen LogP contribution >= 0.6 is 11.6 Å². The summed E-state index contributed by atoms with van der Waals surface area (Å²) in [6.45, 7) is 14.6. The highest BCUT2D eigenvalue weighted by Crippen LogP contribution is 2.44. The summed E-state index contributed by atoms with van der Waals surface area (Å²) in [4.78, 5) is 21.4. The van der Waals surface area contributed by atoms with Gasteiger partial charge in [-0.1, -0.05) is 39.3 Å². The Bertz CT molecular complexity index is 1460. The van der Waals surface area contributed by atoms with Crippen molar-refractivity contribution in [3.05, 3.63) is 63.2 Å². The number of aryl methyl sites for hydroxylation is 1. The van der Waals surface area contributed by atoms with Gasteiger partial charge in [-0.2, -0.15) is 5.26 Å². The Morgan fingerprint density at radius 3 is 2.73 bits per heavy atom. The van der Waals surface area contributed by atoms with Crippen LogP contribution in [0.5, 0.6) is 0 Å². The number of nitriles is 1. The van der Waals surface area contributed by atoms with Gasteiger partial charge in [-0.05, 0) is 48.0 Å². The lowest BCUT2D eigenvalue weighted by Gasteiger charge is -2.39. The van der Waals surface area contributed by atoms with Gasteiger partial charge in [0.1, 0.15) is 11.8 Å². The third-order valence-electron chi connectivity index (χ3n) is 7.47. The quantitative estimate of drug-likeness (QED) is 0.382. The van der Waals surface area contributed by atoms with Crippen molar-refractivity contribution in [2.24, 2.45) is 7.05 Å². The number of benzene rings is 1. The maximum Gasteiger partial charge on any atom is 0.274 e. The number of anilines is 3. The van der Waals surface area contributed by atoms with Gasteiger partial charge >= 0.3 is 0 Å². The van der Waals surface area contributed by atoms with Crippen molar-refractivity contribution in [3.63, 3.8) is 0 Å². The highest BCUT2D eigenvalue weighted by atomic mass is 35.5. The summed E-state index contributed by atoms with van der Waals surface area (Å²) in [5.41, 5.74) is 3.61. The third-order valence-corrected chi connectivity index (χ3v) is 12.2. The van der Waals surface area contributed by atoms with E-state index in [9.17, 15) is 10.1 Å². The minimum absolute atomic E-state index is 0.103. The smallest absolute Gasteiger partial charge is 0.274 e. The van der Waals surface area contributed by atoms with Crippen LogP contribution in [-0.4, -0.2) is 36.0 Å². The molecule has 1 aromatic carbocycles. The van der Waals surface area contributed by atoms with E-state index in [0.717, 1.165) is 16.8 Å². The van der Waals surface area contributed by atoms with E-state index in [2.05, 4.69) is 73.5 Å². The Kier molecular flexibility index (Phi) is 6.97. The topological polar surface area (TPSA) is 105 Å². The molecule has 0 fully saturated rings. The molecule has 0 aliphatic carbocycles. The van der Waals surface area contributed by atoms with Gasteiger partial charge in [-0.15, -0.1) is 0 Å². The van der Waals surface area contributed by atoms with Crippen molar-refractivity contribution in [3.8, 4) is 17.3 Å². The monoisotopic (exact) mass is 536 g/mol. The highest BCUT2D eigenvalue weighted by molar-refractivity contribution is 6.74. The van der Waals surface area contributed by atoms with Gasteiger partial charge in [-0.3, -0.25) is 4.79 Å². The van der Waals surface area contributed by atoms with Crippen LogP contribution in [0.3, 0.4) is 0 Å². The molecule has 37 heavy (non-hydrogen) atoms. The van der Waals surface area contributed by atoms with Crippen molar-refractivity contribution in [2.75, 3.05) is 23.8 Å². The number of nitrogens with one attached hydrogen (secondary N) is 2. The van der Waals surface area contributed by atoms with E-state index in [1.165, 1.54) is 4.57 Å². The minimum atomic E-state index is -1.96. The van der Waals surface area contributed by atoms with Gasteiger partial charge in [0.25, 0.3) is 5.56 Å². The summed E-state index contributed by atoms with van der Waals surface area (Å²) in [7, 11) is -0.326. The molecule has 3 heterocycles. The first-order chi connectivity index (χ1) is 17.2. The lowest BCUT2D eigenvalue weighted by molar-refractivity contribution is 0.220. The average molecular weight is 537 g/mol. The SMILES string of the molecule is Cn1cc(Cl)cc(Nc2nccc(-c3cc(C#N)c4c(c3)[C@@](C)(CO[Si](C)(C)C(C)(C)C)CN4)n2)c1=O. The van der Waals surface area contributed by atoms with Crippen LogP contribution in [0.2, 0.25) is 23.2 Å². The molecule has 3 aromatic rings. The molecule has 8 nitrogen and oxygen atoms in total. The summed E-state index contributed by atoms with van der Waals surface area (Å²) in [5.74, 6) is 0.262. The second kappa shape index (κ2) is 9.60. The predicted octanol–water partition coefficient (Wildman–Crippen LogP) is 5.82. The van der Waals surface area contributed by atoms with Crippen LogP contribution in [0.25, 0.3) is 11.3 Å². The fourth-order valence-corrected chi connectivity index (χ4v) is 5.44. The van der Waals surface area contributed by atoms with Crippen molar-refractivity contribution in [1.82, 2.24) is 14.5 Å². The summed E-state index contributed by atoms with van der Waals surface area (Å²) >= 11 is 6.12. The first kappa shape index (κ1) is 26.9. The summed E-state index contributed by atoms with van der Waals surface area (Å²) in [5, 5.41) is 16.9. The molecule has 0 saturated carbocycles. The van der Waals surface area contributed by atoms with Crippen LogP contribution in [0, 0.1) is 11.3 Å². The van der Waals surface area contributed by atoms with Crippen molar-refractivity contribution >= 4 is 37.2 Å². The number of fused-ring (bicyclic) bond motifs is 1. The molecule has 0 spiro atoms. The Hall–Kier alpha value is -3.19. The fourth-order valence-electron chi connectivity index (χ4n) is 4.07. The summed E-state index contributed by atoms with van der Waals surface area (Å²) < 4.78 is 8.01. The molecule has 1 atom stereocenters. The van der Waals surface area contributed by atoms with Crippen LogP contribution in [-0.2, 0) is 16.9 Å². The first-order valence-corrected chi connectivity index (χ1v) is 15.5. The van der Waals surface area contributed by atoms with E-state index in [4.69, 9.17) is 16.0 Å². The molecular weight excluding hydrogens is 504 g/mol. The second-order valence-corrected chi connectivity index (χ2v) is 16.6. The van der Waals surface area contributed by atoms with E-state index < -0.39 is 8.32 Å². The number of hydrogen-bond donors (Lipinski definition) is 2. The molecule has 0 unspecified atom stereocenters. The molecule has 0 radical (unpaired) electrons. The van der Waals surface area contributed by atoms with Crippen molar-refractivity contribution in [2.45, 2.75) is 51.2 Å². The zero-order valence-corrected chi connectivity index (χ0v) is 24.1. The number of halogens is 1. The highest BCUT2D eigenvalue weighted by Gasteiger charge is 2.42. The maximum absolute atomic E-state index is 12.5. The molecule has 2 aromatic heterocycles. The molecule has 194 valence electrons. The van der Waals surface area contributed by atoms with Crippen molar-refractivity contribution in [1.29, 1.82) is 5.26 Å². The van der Waals surface area contributed by atoms with Crippen LogP contribution in [0.15, 0.2) is 41.5 Å². The summed E-state index contributed by atoms with van der Waals surface area (Å²) in [6, 6.07) is 9.57. The zero-order chi connectivity index (χ0) is 27.2. The van der Waals surface area contributed by atoms with E-state index in [-0.39, 0.29) is 27.6 Å². The van der Waals surface area contributed by atoms with E-state index >= 15 is 0 Å². The minimum Gasteiger partial charge on any atom is -0.416 e. The molecule has 4 rings (SSSR count). The van der Waals surface area contributed by atoms with Gasteiger partial charge in [0, 0.05) is 43.6 Å². The molecule has 1 aliphatic heterocycles. The first-order valence-electron chi connectivity index (χ1n) is 12.2. The van der Waals surface area contributed by atoms with E-state index in [0.29, 0.717) is 29.4 Å². The Morgan fingerprint density at radius 2 is 2.05 bits per heavy atom. The molecular formula is C27H33ClN6O2Si. The summed E-state index contributed by atoms with van der Waals surface area (Å²) in [6.07, 6.45) is 3.16. The van der Waals surface area contributed by atoms with Gasteiger partial charge in [0.15, 0.2) is 8.32 Å². The van der Waals surface area contributed by atoms with E-state index in [1.807, 2.05) is 6.07 Å². The number of pyridine rings is 1. The number of nitrogens with zero attached hydrogens (tertiary/aromatic N) is 4. The molecule has 0 saturated heterocycles. The van der Waals surface area contributed by atoms with Gasteiger partial charge in [0.05, 0.1) is 22.0 Å². The van der Waals surface area contributed by atoms with Crippen LogP contribution in [0.1, 0.15) is 38.8 Å². The Labute approximate surface area is 223 Å². The Morgan fingerprint density at radius 1 is 1.32 bits per heavy atom. The normalized spacial score (nSPS) is 17.2. The molecule has 0 bridgehead atoms. The average Bonchev–Trinajstić information content (AvgIpc) is 3.17. The maximum atomic E-state index is 12.5. The van der Waals surface area contributed by atoms with Gasteiger partial charge in [-0.25, -0.2) is 9.97 Å². The third kappa shape index (κ3) is 5.28. The number of hydrogen-bond acceptors (Lipinski definition) is 7. The van der Waals surface area contributed by atoms with Gasteiger partial charge < -0.3 is 19.6 Å².